The summed E-state index contributed by atoms with van der Waals surface area (Å²) in [5.74, 6) is -2.76. The molecular formula is C49H62N7O12PSSi2. The standard InChI is InChI=1S/C49H62N7O12PSSi2/c1-31-27-55(46(60)54-43(31)57)37-25-35(67-71(8,9)47(2,3)4)40(65-37)45(59)66-69(62,70)68-49(61)26-38(56-30-52-39-41(50-29-51-42(39)56)53-44(58)32-19-13-10-14-20-32)64-36(49)28-63-72(48(5,6)7,33-21-15-11-16-22-33)34-23-17-12-18-24-34/h10-24,27,29-30,35-38,40,45,59,61H,25-26,28H2,1-9H3,(H,62,70)(H,54,57,60)(H,50,51,53,58)/t35-,36+,37+,38+,40-,45?,49+,69?/m0/s1. The van der Waals surface area contributed by atoms with Crippen LogP contribution in [-0.4, -0.2) is 104 Å². The van der Waals surface area contributed by atoms with Gasteiger partial charge in [-0.1, -0.05) is 120 Å². The molecule has 72 heavy (non-hydrogen) atoms. The zero-order valence-electron chi connectivity index (χ0n) is 41.6. The fourth-order valence-corrected chi connectivity index (χ4v) is 16.6. The van der Waals surface area contributed by atoms with Crippen LogP contribution in [-0.2, 0) is 39.2 Å². The molecule has 2 aliphatic heterocycles. The molecule has 19 nitrogen and oxygen atoms in total. The van der Waals surface area contributed by atoms with E-state index in [9.17, 15) is 29.5 Å². The monoisotopic (exact) mass is 1060 g/mol. The molecule has 5 N–H and O–H groups in total. The number of fused-ring (bicyclic) bond motifs is 1. The van der Waals surface area contributed by atoms with Crippen molar-refractivity contribution >= 4 is 68.4 Å². The van der Waals surface area contributed by atoms with Gasteiger partial charge >= 0.3 is 12.4 Å². The van der Waals surface area contributed by atoms with E-state index < -0.39 is 94.8 Å². The molecule has 0 aliphatic carbocycles. The fraction of sp³-hybridized carbons (Fsp3) is 0.429. The van der Waals surface area contributed by atoms with Crippen LogP contribution in [0.15, 0.2) is 119 Å². The van der Waals surface area contributed by atoms with Crippen LogP contribution in [0.5, 0.6) is 0 Å². The van der Waals surface area contributed by atoms with Crippen LogP contribution in [0.1, 0.15) is 82.8 Å². The lowest BCUT2D eigenvalue weighted by molar-refractivity contribution is -0.201. The molecule has 0 bridgehead atoms. The van der Waals surface area contributed by atoms with Crippen molar-refractivity contribution in [2.24, 2.45) is 0 Å². The number of rotatable bonds is 16. The predicted molar refractivity (Wildman–Crippen MR) is 278 cm³/mol. The Bertz CT molecular complexity index is 3030. The second kappa shape index (κ2) is 20.4. The Kier molecular flexibility index (Phi) is 15.1. The average molecular weight is 1060 g/mol. The summed E-state index contributed by atoms with van der Waals surface area (Å²) in [6.07, 6.45) is -4.05. The number of aromatic amines is 1. The summed E-state index contributed by atoms with van der Waals surface area (Å²) in [5.41, 5.74) is -0.170. The number of imidazole rings is 1. The number of amides is 1. The Labute approximate surface area is 424 Å². The van der Waals surface area contributed by atoms with Crippen molar-refractivity contribution in [2.45, 2.75) is 127 Å². The average Bonchev–Trinajstić information content (AvgIpc) is 4.03. The molecule has 1 amide bonds. The van der Waals surface area contributed by atoms with Crippen LogP contribution >= 0.6 is 6.72 Å². The first kappa shape index (κ1) is 53.4. The van der Waals surface area contributed by atoms with Gasteiger partial charge in [0.25, 0.3) is 19.8 Å². The van der Waals surface area contributed by atoms with Gasteiger partial charge in [0.2, 0.25) is 5.79 Å². The van der Waals surface area contributed by atoms with E-state index in [0.29, 0.717) is 5.56 Å². The molecule has 23 heteroatoms. The maximum Gasteiger partial charge on any atom is 0.330 e. The normalized spacial score (nSPS) is 23.2. The van der Waals surface area contributed by atoms with Crippen LogP contribution in [0.4, 0.5) is 5.82 Å². The molecule has 0 spiro atoms. The van der Waals surface area contributed by atoms with Gasteiger partial charge in [-0.25, -0.2) is 19.7 Å². The number of ether oxygens (including phenoxy) is 2. The lowest BCUT2D eigenvalue weighted by atomic mass is 10.1. The van der Waals surface area contributed by atoms with E-state index >= 15 is 0 Å². The molecule has 3 aromatic heterocycles. The number of benzene rings is 3. The molecule has 2 aliphatic rings. The summed E-state index contributed by atoms with van der Waals surface area (Å²) in [6, 6.07) is 28.3. The van der Waals surface area contributed by atoms with Crippen LogP contribution in [0.2, 0.25) is 23.2 Å². The quantitative estimate of drug-likeness (QED) is 0.0441. The first-order valence-electron chi connectivity index (χ1n) is 23.5. The largest absolute Gasteiger partial charge is 0.411 e. The van der Waals surface area contributed by atoms with Gasteiger partial charge in [0, 0.05) is 23.7 Å². The number of nitrogens with one attached hydrogen (secondary N) is 2. The second-order valence-corrected chi connectivity index (χ2v) is 32.5. The lowest BCUT2D eigenvalue weighted by Crippen LogP contribution is -2.67. The van der Waals surface area contributed by atoms with E-state index in [1.807, 2.05) is 94.5 Å². The van der Waals surface area contributed by atoms with Crippen molar-refractivity contribution in [3.05, 3.63) is 142 Å². The number of hydrogen-bond acceptors (Lipinski definition) is 15. The maximum absolute atomic E-state index is 13.2. The molecule has 2 saturated heterocycles. The zero-order valence-corrected chi connectivity index (χ0v) is 45.3. The highest BCUT2D eigenvalue weighted by Crippen LogP contribution is 2.55. The number of aromatic nitrogens is 6. The number of aryl methyl sites for hydroxylation is 1. The zero-order chi connectivity index (χ0) is 52.0. The third-order valence-electron chi connectivity index (χ3n) is 13.7. The number of anilines is 1. The van der Waals surface area contributed by atoms with Crippen molar-refractivity contribution in [3.8, 4) is 0 Å². The van der Waals surface area contributed by atoms with Gasteiger partial charge in [-0.15, -0.1) is 0 Å². The van der Waals surface area contributed by atoms with E-state index in [1.54, 1.807) is 41.8 Å². The first-order chi connectivity index (χ1) is 33.8. The molecule has 0 saturated carbocycles. The SMILES string of the molecule is Cc1cn([C@H]2C[C@H](O[Si](C)(C)C(C)(C)C)[C@@H](C(O)OP(O)(=S)O[C@]3(O)C[C@H](n4cnc5c(NC(=O)c6ccccc6)ncnc54)O[C@@H]3CO[Si](c3ccccc3)(c3ccccc3)C(C)(C)C)O2)c(=O)[nH]c1=O. The highest BCUT2D eigenvalue weighted by Gasteiger charge is 2.57. The van der Waals surface area contributed by atoms with Gasteiger partial charge in [0.15, 0.2) is 31.6 Å². The molecule has 2 unspecified atom stereocenters. The van der Waals surface area contributed by atoms with E-state index in [4.69, 9.17) is 39.2 Å². The van der Waals surface area contributed by atoms with Crippen molar-refractivity contribution in [1.29, 1.82) is 0 Å². The minimum Gasteiger partial charge on any atom is -0.411 e. The molecule has 2 fully saturated rings. The van der Waals surface area contributed by atoms with Gasteiger partial charge in [-0.3, -0.25) is 32.8 Å². The Morgan fingerprint density at radius 1 is 0.917 bits per heavy atom. The molecule has 384 valence electrons. The summed E-state index contributed by atoms with van der Waals surface area (Å²) in [5, 5.41) is 28.7. The van der Waals surface area contributed by atoms with Gasteiger partial charge in [-0.2, -0.15) is 0 Å². The van der Waals surface area contributed by atoms with Crippen LogP contribution in [0, 0.1) is 6.92 Å². The molecule has 3 aromatic carbocycles. The third kappa shape index (κ3) is 10.8. The number of nitrogens with zero attached hydrogens (tertiary/aromatic N) is 5. The van der Waals surface area contributed by atoms with Crippen molar-refractivity contribution < 1.29 is 47.3 Å². The summed E-state index contributed by atoms with van der Waals surface area (Å²) in [7, 11) is -5.91. The van der Waals surface area contributed by atoms with Crippen LogP contribution < -0.4 is 26.9 Å². The molecule has 6 aromatic rings. The lowest BCUT2D eigenvalue weighted by Gasteiger charge is -2.44. The topological polar surface area (TPSA) is 244 Å². The van der Waals surface area contributed by atoms with Gasteiger partial charge in [0.1, 0.15) is 31.0 Å². The molecule has 8 rings (SSSR count). The summed E-state index contributed by atoms with van der Waals surface area (Å²) in [6.45, 7) is 13.0. The number of carbonyl (C=O) groups excluding carboxylic acids is 1. The number of carbonyl (C=O) groups is 1. The highest BCUT2D eigenvalue weighted by atomic mass is 32.5. The number of aliphatic hydroxyl groups is 2. The smallest absolute Gasteiger partial charge is 0.330 e. The Morgan fingerprint density at radius 3 is 2.12 bits per heavy atom. The van der Waals surface area contributed by atoms with Crippen molar-refractivity contribution in [2.75, 3.05) is 11.9 Å². The number of hydrogen-bond donors (Lipinski definition) is 5. The minimum absolute atomic E-state index is 0.0549. The van der Waals surface area contributed by atoms with E-state index in [1.165, 1.54) is 23.4 Å². The van der Waals surface area contributed by atoms with Crippen molar-refractivity contribution in [3.63, 3.8) is 0 Å². The van der Waals surface area contributed by atoms with Gasteiger partial charge < -0.3 is 38.7 Å². The highest BCUT2D eigenvalue weighted by molar-refractivity contribution is 8.07. The Balaban J connectivity index is 1.13. The van der Waals surface area contributed by atoms with Gasteiger partial charge in [-0.05, 0) is 64.4 Å². The maximum atomic E-state index is 13.2. The van der Waals surface area contributed by atoms with E-state index in [0.717, 1.165) is 10.4 Å². The summed E-state index contributed by atoms with van der Waals surface area (Å²) in [4.78, 5) is 66.2. The molecule has 5 heterocycles. The summed E-state index contributed by atoms with van der Waals surface area (Å²) >= 11 is 5.63. The summed E-state index contributed by atoms with van der Waals surface area (Å²) < 4.78 is 41.8. The third-order valence-corrected chi connectivity index (χ3v) is 24.7. The second-order valence-electron chi connectivity index (χ2n) is 20.7. The Hall–Kier alpha value is -4.92. The number of aliphatic hydroxyl groups excluding tert-OH is 1. The minimum atomic E-state index is -4.73. The van der Waals surface area contributed by atoms with Crippen molar-refractivity contribution in [1.82, 2.24) is 29.1 Å². The van der Waals surface area contributed by atoms with Crippen LogP contribution in [0.25, 0.3) is 11.2 Å². The Morgan fingerprint density at radius 2 is 1.53 bits per heavy atom. The fourth-order valence-electron chi connectivity index (χ4n) is 9.02. The first-order valence-corrected chi connectivity index (χ1v) is 31.0. The molecular weight excluding hydrogens is 998 g/mol. The van der Waals surface area contributed by atoms with Gasteiger partial charge in [0.05, 0.1) is 25.5 Å². The predicted octanol–water partition coefficient (Wildman–Crippen LogP) is 5.74. The molecule has 8 atom stereocenters. The number of H-pyrrole nitrogens is 1. The van der Waals surface area contributed by atoms with E-state index in [-0.39, 0.29) is 40.6 Å². The molecule has 0 radical (unpaired) electrons. The van der Waals surface area contributed by atoms with Crippen LogP contribution in [0.3, 0.4) is 0 Å². The van der Waals surface area contributed by atoms with E-state index in [2.05, 4.69) is 46.0 Å².